The smallest absolute Gasteiger partial charge is 0.262 e. The van der Waals surface area contributed by atoms with Crippen molar-refractivity contribution in [3.63, 3.8) is 0 Å². The number of rotatable bonds is 6. The normalized spacial score (nSPS) is 11.2. The molecule has 118 valence electrons. The quantitative estimate of drug-likeness (QED) is 0.848. The van der Waals surface area contributed by atoms with Crippen molar-refractivity contribution in [3.8, 4) is 0 Å². The third-order valence-corrected chi connectivity index (χ3v) is 4.87. The molecule has 2 aromatic carbocycles. The minimum atomic E-state index is -3.57. The van der Waals surface area contributed by atoms with Crippen LogP contribution in [0.25, 0.3) is 0 Å². The van der Waals surface area contributed by atoms with Gasteiger partial charge in [-0.1, -0.05) is 19.1 Å². The molecule has 0 amide bonds. The number of hydrogen-bond donors (Lipinski definition) is 2. The molecule has 0 heterocycles. The summed E-state index contributed by atoms with van der Waals surface area (Å²) in [6.45, 7) is 6.67. The van der Waals surface area contributed by atoms with Crippen molar-refractivity contribution in [3.05, 3.63) is 53.6 Å². The lowest BCUT2D eigenvalue weighted by atomic mass is 10.2. The van der Waals surface area contributed by atoms with Crippen LogP contribution in [0.1, 0.15) is 24.5 Å². The Morgan fingerprint density at radius 2 is 1.59 bits per heavy atom. The Morgan fingerprint density at radius 3 is 2.23 bits per heavy atom. The van der Waals surface area contributed by atoms with Crippen LogP contribution in [-0.2, 0) is 10.0 Å². The average molecular weight is 318 g/mol. The third kappa shape index (κ3) is 4.01. The highest BCUT2D eigenvalue weighted by Gasteiger charge is 2.17. The van der Waals surface area contributed by atoms with Crippen LogP contribution < -0.4 is 10.0 Å². The molecule has 2 aromatic rings. The van der Waals surface area contributed by atoms with Gasteiger partial charge in [0.2, 0.25) is 0 Å². The molecular formula is C17H22N2O2S. The van der Waals surface area contributed by atoms with E-state index < -0.39 is 10.0 Å². The van der Waals surface area contributed by atoms with Gasteiger partial charge in [-0.25, -0.2) is 8.42 Å². The van der Waals surface area contributed by atoms with Crippen molar-refractivity contribution >= 4 is 21.4 Å². The predicted molar refractivity (Wildman–Crippen MR) is 91.9 cm³/mol. The lowest BCUT2D eigenvalue weighted by Gasteiger charge is -2.12. The van der Waals surface area contributed by atoms with Gasteiger partial charge in [0.05, 0.1) is 4.90 Å². The van der Waals surface area contributed by atoms with Gasteiger partial charge >= 0.3 is 0 Å². The molecule has 0 fully saturated rings. The number of anilines is 2. The Labute approximate surface area is 132 Å². The molecule has 0 aliphatic heterocycles. The standard InChI is InChI=1S/C17H22N2O2S/c1-4-11-18-15-7-9-16(10-8-15)19-22(20,21)17-12-13(2)5-6-14(17)3/h5-10,12,18-19H,4,11H2,1-3H3. The monoisotopic (exact) mass is 318 g/mol. The van der Waals surface area contributed by atoms with Crippen molar-refractivity contribution in [1.29, 1.82) is 0 Å². The first-order valence-electron chi connectivity index (χ1n) is 7.36. The van der Waals surface area contributed by atoms with E-state index in [1.165, 1.54) is 0 Å². The van der Waals surface area contributed by atoms with E-state index in [-0.39, 0.29) is 0 Å². The fraction of sp³-hybridized carbons (Fsp3) is 0.294. The first-order valence-corrected chi connectivity index (χ1v) is 8.84. The van der Waals surface area contributed by atoms with Gasteiger partial charge < -0.3 is 5.32 Å². The van der Waals surface area contributed by atoms with Crippen molar-refractivity contribution in [2.75, 3.05) is 16.6 Å². The Morgan fingerprint density at radius 1 is 0.955 bits per heavy atom. The maximum Gasteiger partial charge on any atom is 0.262 e. The van der Waals surface area contributed by atoms with Crippen LogP contribution in [0.15, 0.2) is 47.4 Å². The molecule has 0 saturated heterocycles. The van der Waals surface area contributed by atoms with E-state index in [0.717, 1.165) is 29.8 Å². The van der Waals surface area contributed by atoms with Crippen molar-refractivity contribution in [1.82, 2.24) is 0 Å². The Bertz CT molecular complexity index is 738. The number of aryl methyl sites for hydroxylation is 2. The summed E-state index contributed by atoms with van der Waals surface area (Å²) in [5.74, 6) is 0. The number of sulfonamides is 1. The van der Waals surface area contributed by atoms with Gasteiger partial charge in [-0.05, 0) is 61.7 Å². The molecule has 0 bridgehead atoms. The second kappa shape index (κ2) is 6.83. The van der Waals surface area contributed by atoms with Crippen LogP contribution in [-0.4, -0.2) is 15.0 Å². The van der Waals surface area contributed by atoms with Crippen LogP contribution in [0.2, 0.25) is 0 Å². The second-order valence-corrected chi connectivity index (χ2v) is 7.03. The van der Waals surface area contributed by atoms with Crippen molar-refractivity contribution < 1.29 is 8.42 Å². The lowest BCUT2D eigenvalue weighted by molar-refractivity contribution is 0.600. The van der Waals surface area contributed by atoms with Gasteiger partial charge in [-0.2, -0.15) is 0 Å². The summed E-state index contributed by atoms with van der Waals surface area (Å²) in [6, 6.07) is 12.7. The van der Waals surface area contributed by atoms with E-state index in [9.17, 15) is 8.42 Å². The van der Waals surface area contributed by atoms with E-state index >= 15 is 0 Å². The molecule has 0 aliphatic carbocycles. The molecule has 0 unspecified atom stereocenters. The van der Waals surface area contributed by atoms with Crippen molar-refractivity contribution in [2.24, 2.45) is 0 Å². The minimum Gasteiger partial charge on any atom is -0.385 e. The fourth-order valence-corrected chi connectivity index (χ4v) is 3.52. The Balaban J connectivity index is 2.20. The molecule has 2 N–H and O–H groups in total. The van der Waals surface area contributed by atoms with E-state index in [2.05, 4.69) is 17.0 Å². The van der Waals surface area contributed by atoms with Gasteiger partial charge in [0.1, 0.15) is 0 Å². The topological polar surface area (TPSA) is 58.2 Å². The minimum absolute atomic E-state index is 0.320. The maximum atomic E-state index is 12.5. The van der Waals surface area contributed by atoms with Crippen LogP contribution >= 0.6 is 0 Å². The molecule has 5 heteroatoms. The van der Waals surface area contributed by atoms with E-state index in [0.29, 0.717) is 10.6 Å². The highest BCUT2D eigenvalue weighted by atomic mass is 32.2. The third-order valence-electron chi connectivity index (χ3n) is 3.35. The zero-order valence-corrected chi connectivity index (χ0v) is 14.0. The molecule has 0 saturated carbocycles. The summed E-state index contributed by atoms with van der Waals surface area (Å²) in [5.41, 5.74) is 3.20. The van der Waals surface area contributed by atoms with Crippen LogP contribution in [0.3, 0.4) is 0 Å². The highest BCUT2D eigenvalue weighted by Crippen LogP contribution is 2.21. The van der Waals surface area contributed by atoms with Gasteiger partial charge in [0.15, 0.2) is 0 Å². The summed E-state index contributed by atoms with van der Waals surface area (Å²) in [4.78, 5) is 0.320. The van der Waals surface area contributed by atoms with Gasteiger partial charge in [-0.15, -0.1) is 0 Å². The largest absolute Gasteiger partial charge is 0.385 e. The van der Waals surface area contributed by atoms with E-state index in [1.54, 1.807) is 25.1 Å². The van der Waals surface area contributed by atoms with Gasteiger partial charge in [-0.3, -0.25) is 4.72 Å². The number of hydrogen-bond acceptors (Lipinski definition) is 3. The zero-order chi connectivity index (χ0) is 16.2. The predicted octanol–water partition coefficient (Wildman–Crippen LogP) is 3.93. The first-order chi connectivity index (χ1) is 10.4. The Kier molecular flexibility index (Phi) is 5.08. The number of benzene rings is 2. The molecule has 4 nitrogen and oxygen atoms in total. The lowest BCUT2D eigenvalue weighted by Crippen LogP contribution is -2.14. The summed E-state index contributed by atoms with van der Waals surface area (Å²) in [6.07, 6.45) is 1.04. The average Bonchev–Trinajstić information content (AvgIpc) is 2.48. The molecule has 22 heavy (non-hydrogen) atoms. The molecule has 0 radical (unpaired) electrons. The Hall–Kier alpha value is -2.01. The first kappa shape index (κ1) is 16.4. The SMILES string of the molecule is CCCNc1ccc(NS(=O)(=O)c2cc(C)ccc2C)cc1. The van der Waals surface area contributed by atoms with Gasteiger partial charge in [0.25, 0.3) is 10.0 Å². The van der Waals surface area contributed by atoms with Crippen LogP contribution in [0.5, 0.6) is 0 Å². The summed E-state index contributed by atoms with van der Waals surface area (Å²) >= 11 is 0. The van der Waals surface area contributed by atoms with E-state index in [1.807, 2.05) is 31.2 Å². The molecular weight excluding hydrogens is 296 g/mol. The molecule has 0 spiro atoms. The number of nitrogens with one attached hydrogen (secondary N) is 2. The molecule has 0 aromatic heterocycles. The second-order valence-electron chi connectivity index (χ2n) is 5.38. The molecule has 0 aliphatic rings. The van der Waals surface area contributed by atoms with Crippen molar-refractivity contribution in [2.45, 2.75) is 32.1 Å². The van der Waals surface area contributed by atoms with Gasteiger partial charge in [0, 0.05) is 17.9 Å². The molecule has 2 rings (SSSR count). The summed E-state index contributed by atoms with van der Waals surface area (Å²) < 4.78 is 27.6. The van der Waals surface area contributed by atoms with E-state index in [4.69, 9.17) is 0 Å². The summed E-state index contributed by atoms with van der Waals surface area (Å²) in [5, 5.41) is 3.26. The maximum absolute atomic E-state index is 12.5. The highest BCUT2D eigenvalue weighted by molar-refractivity contribution is 7.92. The fourth-order valence-electron chi connectivity index (χ4n) is 2.13. The zero-order valence-electron chi connectivity index (χ0n) is 13.2. The van der Waals surface area contributed by atoms with Crippen LogP contribution in [0.4, 0.5) is 11.4 Å². The molecule has 0 atom stereocenters. The van der Waals surface area contributed by atoms with Crippen LogP contribution in [0, 0.1) is 13.8 Å². The summed E-state index contributed by atoms with van der Waals surface area (Å²) in [7, 11) is -3.57.